The molecule has 0 aliphatic rings. The number of hydrogen-bond acceptors (Lipinski definition) is 2. The quantitative estimate of drug-likeness (QED) is 0.538. The topological polar surface area (TPSA) is 30.7 Å². The van der Waals surface area contributed by atoms with Gasteiger partial charge in [-0.1, -0.05) is 72.8 Å². The Balaban J connectivity index is 1.92. The monoisotopic (exact) mass is 311 g/mol. The Bertz CT molecular complexity index is 957. The molecule has 0 saturated heterocycles. The van der Waals surface area contributed by atoms with Gasteiger partial charge in [-0.05, 0) is 24.6 Å². The van der Waals surface area contributed by atoms with Gasteiger partial charge in [0.05, 0.1) is 5.69 Å². The van der Waals surface area contributed by atoms with E-state index < -0.39 is 0 Å². The predicted octanol–water partition coefficient (Wildman–Crippen LogP) is 4.91. The average Bonchev–Trinajstić information content (AvgIpc) is 3.09. The maximum absolute atomic E-state index is 4.81. The van der Waals surface area contributed by atoms with E-state index in [-0.39, 0.29) is 0 Å². The molecular formula is C21H17N3. The highest BCUT2D eigenvalue weighted by molar-refractivity contribution is 5.63. The number of benzene rings is 3. The van der Waals surface area contributed by atoms with E-state index in [0.717, 1.165) is 28.5 Å². The molecule has 0 aliphatic carbocycles. The molecule has 0 saturated carbocycles. The van der Waals surface area contributed by atoms with Gasteiger partial charge in [-0.15, -0.1) is 5.10 Å². The molecule has 0 amide bonds. The van der Waals surface area contributed by atoms with E-state index in [1.54, 1.807) is 0 Å². The molecule has 24 heavy (non-hydrogen) atoms. The zero-order chi connectivity index (χ0) is 16.4. The molecule has 0 atom stereocenters. The lowest BCUT2D eigenvalue weighted by molar-refractivity contribution is 0.889. The van der Waals surface area contributed by atoms with Gasteiger partial charge in [0.25, 0.3) is 0 Å². The SMILES string of the molecule is Cc1cccc(-n2nc(-c3ccccc3)nc2-c2ccccc2)c1. The van der Waals surface area contributed by atoms with Crippen LogP contribution >= 0.6 is 0 Å². The van der Waals surface area contributed by atoms with E-state index in [0.29, 0.717) is 0 Å². The number of aromatic nitrogens is 3. The first-order valence-electron chi connectivity index (χ1n) is 7.96. The Morgan fingerprint density at radius 3 is 2.04 bits per heavy atom. The van der Waals surface area contributed by atoms with Gasteiger partial charge < -0.3 is 0 Å². The highest BCUT2D eigenvalue weighted by Crippen LogP contribution is 2.25. The smallest absolute Gasteiger partial charge is 0.182 e. The average molecular weight is 311 g/mol. The van der Waals surface area contributed by atoms with Crippen LogP contribution in [0.25, 0.3) is 28.5 Å². The minimum absolute atomic E-state index is 0.732. The highest BCUT2D eigenvalue weighted by atomic mass is 15.4. The zero-order valence-electron chi connectivity index (χ0n) is 13.4. The fraction of sp³-hybridized carbons (Fsp3) is 0.0476. The summed E-state index contributed by atoms with van der Waals surface area (Å²) in [6.07, 6.45) is 0. The molecule has 0 spiro atoms. The summed E-state index contributed by atoms with van der Waals surface area (Å²) in [7, 11) is 0. The van der Waals surface area contributed by atoms with Gasteiger partial charge in [0.2, 0.25) is 0 Å². The van der Waals surface area contributed by atoms with E-state index in [2.05, 4.69) is 37.3 Å². The van der Waals surface area contributed by atoms with E-state index in [9.17, 15) is 0 Å². The standard InChI is InChI=1S/C21H17N3/c1-16-9-8-14-19(15-16)24-21(18-12-6-3-7-13-18)22-20(23-24)17-10-4-2-5-11-17/h2-15H,1H3. The summed E-state index contributed by atoms with van der Waals surface area (Å²) in [5, 5.41) is 4.77. The summed E-state index contributed by atoms with van der Waals surface area (Å²) in [6.45, 7) is 2.08. The van der Waals surface area contributed by atoms with Gasteiger partial charge in [0, 0.05) is 11.1 Å². The molecule has 116 valence electrons. The molecule has 4 rings (SSSR count). The van der Waals surface area contributed by atoms with E-state index in [4.69, 9.17) is 10.1 Å². The lowest BCUT2D eigenvalue weighted by Gasteiger charge is -2.06. The van der Waals surface area contributed by atoms with Crippen molar-refractivity contribution in [1.29, 1.82) is 0 Å². The minimum atomic E-state index is 0.732. The van der Waals surface area contributed by atoms with Crippen molar-refractivity contribution in [2.24, 2.45) is 0 Å². The van der Waals surface area contributed by atoms with Crippen LogP contribution in [-0.4, -0.2) is 14.8 Å². The molecule has 0 N–H and O–H groups in total. The molecule has 0 fully saturated rings. The first-order valence-corrected chi connectivity index (χ1v) is 7.96. The Morgan fingerprint density at radius 2 is 1.38 bits per heavy atom. The predicted molar refractivity (Wildman–Crippen MR) is 97.0 cm³/mol. The molecule has 3 aromatic carbocycles. The maximum Gasteiger partial charge on any atom is 0.182 e. The van der Waals surface area contributed by atoms with Gasteiger partial charge in [0.1, 0.15) is 0 Å². The molecule has 1 heterocycles. The van der Waals surface area contributed by atoms with Crippen molar-refractivity contribution in [3.05, 3.63) is 90.5 Å². The second-order valence-electron chi connectivity index (χ2n) is 5.74. The fourth-order valence-corrected chi connectivity index (χ4v) is 2.74. The summed E-state index contributed by atoms with van der Waals surface area (Å²) in [5.41, 5.74) is 4.28. The number of hydrogen-bond donors (Lipinski definition) is 0. The van der Waals surface area contributed by atoms with E-state index in [1.807, 2.05) is 59.3 Å². The molecule has 0 unspecified atom stereocenters. The number of rotatable bonds is 3. The van der Waals surface area contributed by atoms with Crippen LogP contribution in [0.3, 0.4) is 0 Å². The van der Waals surface area contributed by atoms with Gasteiger partial charge in [-0.25, -0.2) is 9.67 Å². The zero-order valence-corrected chi connectivity index (χ0v) is 13.4. The third kappa shape index (κ3) is 2.72. The molecule has 0 aliphatic heterocycles. The van der Waals surface area contributed by atoms with Crippen molar-refractivity contribution < 1.29 is 0 Å². The first-order chi connectivity index (χ1) is 11.8. The maximum atomic E-state index is 4.81. The second-order valence-corrected chi connectivity index (χ2v) is 5.74. The van der Waals surface area contributed by atoms with Gasteiger partial charge in [-0.2, -0.15) is 0 Å². The third-order valence-electron chi connectivity index (χ3n) is 3.92. The van der Waals surface area contributed by atoms with Crippen molar-refractivity contribution in [2.45, 2.75) is 6.92 Å². The Hall–Kier alpha value is -3.20. The molecular weight excluding hydrogens is 294 g/mol. The molecule has 0 bridgehead atoms. The summed E-state index contributed by atoms with van der Waals surface area (Å²) in [4.78, 5) is 4.81. The van der Waals surface area contributed by atoms with Crippen molar-refractivity contribution in [1.82, 2.24) is 14.8 Å². The molecule has 0 radical (unpaired) electrons. The molecule has 3 nitrogen and oxygen atoms in total. The Morgan fingerprint density at radius 1 is 0.708 bits per heavy atom. The normalized spacial score (nSPS) is 10.7. The summed E-state index contributed by atoms with van der Waals surface area (Å²) in [5.74, 6) is 1.58. The highest BCUT2D eigenvalue weighted by Gasteiger charge is 2.14. The van der Waals surface area contributed by atoms with Crippen LogP contribution in [0.4, 0.5) is 0 Å². The van der Waals surface area contributed by atoms with Crippen molar-refractivity contribution in [2.75, 3.05) is 0 Å². The van der Waals surface area contributed by atoms with E-state index in [1.165, 1.54) is 5.56 Å². The summed E-state index contributed by atoms with van der Waals surface area (Å²) >= 11 is 0. The summed E-state index contributed by atoms with van der Waals surface area (Å²) in [6, 6.07) is 28.6. The lowest BCUT2D eigenvalue weighted by Crippen LogP contribution is -1.99. The Kier molecular flexibility index (Phi) is 3.67. The number of aryl methyl sites for hydroxylation is 1. The van der Waals surface area contributed by atoms with Crippen LogP contribution in [0.1, 0.15) is 5.56 Å². The van der Waals surface area contributed by atoms with Gasteiger partial charge in [0.15, 0.2) is 11.6 Å². The van der Waals surface area contributed by atoms with Gasteiger partial charge >= 0.3 is 0 Å². The van der Waals surface area contributed by atoms with Gasteiger partial charge in [-0.3, -0.25) is 0 Å². The van der Waals surface area contributed by atoms with Crippen molar-refractivity contribution in [3.8, 4) is 28.5 Å². The van der Waals surface area contributed by atoms with Crippen LogP contribution in [-0.2, 0) is 0 Å². The fourth-order valence-electron chi connectivity index (χ4n) is 2.74. The number of nitrogens with zero attached hydrogens (tertiary/aromatic N) is 3. The van der Waals surface area contributed by atoms with Crippen LogP contribution < -0.4 is 0 Å². The van der Waals surface area contributed by atoms with Crippen molar-refractivity contribution >= 4 is 0 Å². The second kappa shape index (κ2) is 6.13. The molecule has 3 heteroatoms. The largest absolute Gasteiger partial charge is 0.213 e. The Labute approximate surface area is 141 Å². The van der Waals surface area contributed by atoms with Crippen LogP contribution in [0.15, 0.2) is 84.9 Å². The molecule has 4 aromatic rings. The summed E-state index contributed by atoms with van der Waals surface area (Å²) < 4.78 is 1.92. The first kappa shape index (κ1) is 14.4. The van der Waals surface area contributed by atoms with Crippen molar-refractivity contribution in [3.63, 3.8) is 0 Å². The van der Waals surface area contributed by atoms with Crippen LogP contribution in [0.2, 0.25) is 0 Å². The molecule has 1 aromatic heterocycles. The minimum Gasteiger partial charge on any atom is -0.213 e. The van der Waals surface area contributed by atoms with Crippen LogP contribution in [0, 0.1) is 6.92 Å². The van der Waals surface area contributed by atoms with Crippen LogP contribution in [0.5, 0.6) is 0 Å². The van der Waals surface area contributed by atoms with E-state index >= 15 is 0 Å². The third-order valence-corrected chi connectivity index (χ3v) is 3.92. The lowest BCUT2D eigenvalue weighted by atomic mass is 10.2.